The predicted molar refractivity (Wildman–Crippen MR) is 284 cm³/mol. The molecule has 0 bridgehead atoms. The smallest absolute Gasteiger partial charge is 0.0702 e. The monoisotopic (exact) mass is 853 g/mol. The van der Waals surface area contributed by atoms with E-state index in [1.807, 2.05) is 0 Å². The van der Waals surface area contributed by atoms with Gasteiger partial charge in [-0.1, -0.05) is 170 Å². The number of aromatic nitrogens is 2. The summed E-state index contributed by atoms with van der Waals surface area (Å²) in [6, 6.07) is 94.9. The fourth-order valence-corrected chi connectivity index (χ4v) is 10.3. The molecule has 0 unspecified atom stereocenters. The van der Waals surface area contributed by atoms with Crippen LogP contribution in [0.2, 0.25) is 0 Å². The molecule has 0 atom stereocenters. The lowest BCUT2D eigenvalue weighted by Crippen LogP contribution is -2.13. The topological polar surface area (TPSA) is 13.1 Å². The molecule has 0 aliphatic rings. The molecule has 3 heteroatoms. The van der Waals surface area contributed by atoms with Crippen LogP contribution >= 0.6 is 0 Å². The zero-order chi connectivity index (χ0) is 44.3. The van der Waals surface area contributed by atoms with Crippen LogP contribution in [-0.2, 0) is 0 Å². The van der Waals surface area contributed by atoms with Gasteiger partial charge in [0.2, 0.25) is 0 Å². The van der Waals surface area contributed by atoms with E-state index in [0.29, 0.717) is 0 Å². The van der Waals surface area contributed by atoms with Crippen LogP contribution in [-0.4, -0.2) is 9.13 Å². The molecule has 11 aromatic carbocycles. The van der Waals surface area contributed by atoms with Gasteiger partial charge in [-0.2, -0.15) is 0 Å². The summed E-state index contributed by atoms with van der Waals surface area (Å²) < 4.78 is 4.80. The first-order valence-corrected chi connectivity index (χ1v) is 23.0. The van der Waals surface area contributed by atoms with E-state index in [0.717, 1.165) is 28.4 Å². The van der Waals surface area contributed by atoms with Gasteiger partial charge in [-0.25, -0.2) is 0 Å². The lowest BCUT2D eigenvalue weighted by molar-refractivity contribution is 1.15. The van der Waals surface area contributed by atoms with Crippen molar-refractivity contribution in [2.24, 2.45) is 0 Å². The van der Waals surface area contributed by atoms with Crippen LogP contribution in [0.1, 0.15) is 0 Å². The molecule has 2 aromatic heterocycles. The molecule has 0 N–H and O–H groups in total. The third-order valence-corrected chi connectivity index (χ3v) is 13.5. The molecule has 13 rings (SSSR count). The molecule has 0 spiro atoms. The summed E-state index contributed by atoms with van der Waals surface area (Å²) in [5, 5.41) is 7.47. The summed E-state index contributed by atoms with van der Waals surface area (Å²) in [7, 11) is 0. The molecule has 0 aliphatic carbocycles. The van der Waals surface area contributed by atoms with Crippen molar-refractivity contribution >= 4 is 71.4 Å². The Bertz CT molecular complexity index is 3920. The fraction of sp³-hybridized carbons (Fsp3) is 0. The van der Waals surface area contributed by atoms with Gasteiger partial charge in [0.25, 0.3) is 0 Å². The largest absolute Gasteiger partial charge is 0.309 e. The minimum Gasteiger partial charge on any atom is -0.309 e. The number of hydrogen-bond donors (Lipinski definition) is 0. The first kappa shape index (κ1) is 38.5. The van der Waals surface area contributed by atoms with Crippen LogP contribution in [0.4, 0.5) is 17.1 Å². The Labute approximate surface area is 389 Å². The standard InChI is InChI=1S/C64H43N3/c1-2-19-52(20-3-1)66-59-24-9-8-23-57(59)58-43-51(35-40-62(58)66)46-33-38-54(39-34-46)65(63-27-12-13-28-64(63)67-60-25-10-6-21-55(60)56-22-7-11-26-61(56)67)53-36-31-45(32-37-53)48-17-14-18-49(41-48)50-30-29-44-15-4-5-16-47(44)42-50/h1-43H. The van der Waals surface area contributed by atoms with Crippen molar-refractivity contribution in [3.8, 4) is 44.8 Å². The Morgan fingerprint density at radius 2 is 0.716 bits per heavy atom. The molecule has 0 aliphatic heterocycles. The number of rotatable bonds is 8. The van der Waals surface area contributed by atoms with Crippen molar-refractivity contribution in [3.05, 3.63) is 261 Å². The summed E-state index contributed by atoms with van der Waals surface area (Å²) in [5.74, 6) is 0. The highest BCUT2D eigenvalue weighted by atomic mass is 15.2. The maximum absolute atomic E-state index is 2.43. The SMILES string of the molecule is c1ccc(-n2c3ccccc3c3cc(-c4ccc(N(c5ccc(-c6cccc(-c7ccc8ccccc8c7)c6)cc5)c5ccccc5-n5c6ccccc6c6ccccc65)cc4)ccc32)cc1. The van der Waals surface area contributed by atoms with E-state index in [1.54, 1.807) is 0 Å². The summed E-state index contributed by atoms with van der Waals surface area (Å²) in [5.41, 5.74) is 17.4. The van der Waals surface area contributed by atoms with Crippen molar-refractivity contribution in [1.29, 1.82) is 0 Å². The molecule has 0 fully saturated rings. The first-order chi connectivity index (χ1) is 33.2. The van der Waals surface area contributed by atoms with E-state index in [2.05, 4.69) is 275 Å². The van der Waals surface area contributed by atoms with E-state index in [9.17, 15) is 0 Å². The second-order valence-corrected chi connectivity index (χ2v) is 17.4. The van der Waals surface area contributed by atoms with Gasteiger partial charge in [0.15, 0.2) is 0 Å². The maximum Gasteiger partial charge on any atom is 0.0702 e. The van der Waals surface area contributed by atoms with Crippen LogP contribution in [0.25, 0.3) is 99.1 Å². The molecule has 2 heterocycles. The normalized spacial score (nSPS) is 11.6. The molecule has 0 saturated carbocycles. The molecular formula is C64H43N3. The first-order valence-electron chi connectivity index (χ1n) is 23.0. The van der Waals surface area contributed by atoms with Gasteiger partial charge in [-0.3, -0.25) is 0 Å². The van der Waals surface area contributed by atoms with Gasteiger partial charge in [0.1, 0.15) is 0 Å². The van der Waals surface area contributed by atoms with Crippen LogP contribution < -0.4 is 4.90 Å². The van der Waals surface area contributed by atoms with Gasteiger partial charge in [-0.05, 0) is 135 Å². The number of nitrogens with zero attached hydrogens (tertiary/aromatic N) is 3. The van der Waals surface area contributed by atoms with Crippen LogP contribution in [0, 0.1) is 0 Å². The van der Waals surface area contributed by atoms with E-state index in [1.165, 1.54) is 87.8 Å². The van der Waals surface area contributed by atoms with Crippen molar-refractivity contribution in [2.45, 2.75) is 0 Å². The van der Waals surface area contributed by atoms with E-state index >= 15 is 0 Å². The highest BCUT2D eigenvalue weighted by molar-refractivity contribution is 6.11. The minimum absolute atomic E-state index is 1.07. The van der Waals surface area contributed by atoms with Gasteiger partial charge < -0.3 is 14.0 Å². The molecule has 3 nitrogen and oxygen atoms in total. The minimum atomic E-state index is 1.07. The average molecular weight is 854 g/mol. The second-order valence-electron chi connectivity index (χ2n) is 17.4. The molecule has 314 valence electrons. The highest BCUT2D eigenvalue weighted by Crippen LogP contribution is 2.43. The molecule has 0 radical (unpaired) electrons. The van der Waals surface area contributed by atoms with Gasteiger partial charge in [-0.15, -0.1) is 0 Å². The summed E-state index contributed by atoms with van der Waals surface area (Å²) in [6.45, 7) is 0. The zero-order valence-corrected chi connectivity index (χ0v) is 36.7. The van der Waals surface area contributed by atoms with Crippen molar-refractivity contribution in [2.75, 3.05) is 4.90 Å². The lowest BCUT2D eigenvalue weighted by atomic mass is 9.97. The van der Waals surface area contributed by atoms with E-state index in [4.69, 9.17) is 0 Å². The van der Waals surface area contributed by atoms with Crippen LogP contribution in [0.5, 0.6) is 0 Å². The number of anilines is 3. The zero-order valence-electron chi connectivity index (χ0n) is 36.7. The number of para-hydroxylation sites is 6. The van der Waals surface area contributed by atoms with E-state index in [-0.39, 0.29) is 0 Å². The highest BCUT2D eigenvalue weighted by Gasteiger charge is 2.21. The van der Waals surface area contributed by atoms with Gasteiger partial charge in [0, 0.05) is 38.6 Å². The van der Waals surface area contributed by atoms with Crippen LogP contribution in [0.3, 0.4) is 0 Å². The molecule has 13 aromatic rings. The summed E-state index contributed by atoms with van der Waals surface area (Å²) in [6.07, 6.45) is 0. The van der Waals surface area contributed by atoms with Crippen molar-refractivity contribution in [1.82, 2.24) is 9.13 Å². The Kier molecular flexibility index (Phi) is 9.17. The Morgan fingerprint density at radius 3 is 1.39 bits per heavy atom. The third-order valence-electron chi connectivity index (χ3n) is 13.5. The van der Waals surface area contributed by atoms with Crippen LogP contribution in [0.15, 0.2) is 261 Å². The van der Waals surface area contributed by atoms with Gasteiger partial charge >= 0.3 is 0 Å². The lowest BCUT2D eigenvalue weighted by Gasteiger charge is -2.28. The van der Waals surface area contributed by atoms with Crippen molar-refractivity contribution in [3.63, 3.8) is 0 Å². The molecule has 0 saturated heterocycles. The number of hydrogen-bond acceptors (Lipinski definition) is 1. The Hall–Kier alpha value is -8.92. The third kappa shape index (κ3) is 6.59. The fourth-order valence-electron chi connectivity index (χ4n) is 10.3. The summed E-state index contributed by atoms with van der Waals surface area (Å²) >= 11 is 0. The predicted octanol–water partition coefficient (Wildman–Crippen LogP) is 17.5. The average Bonchev–Trinajstić information content (AvgIpc) is 3.92. The van der Waals surface area contributed by atoms with Gasteiger partial charge in [0.05, 0.1) is 33.4 Å². The Morgan fingerprint density at radius 1 is 0.254 bits per heavy atom. The van der Waals surface area contributed by atoms with E-state index < -0.39 is 0 Å². The molecular weight excluding hydrogens is 811 g/mol. The summed E-state index contributed by atoms with van der Waals surface area (Å²) in [4.78, 5) is 2.41. The number of fused-ring (bicyclic) bond motifs is 7. The van der Waals surface area contributed by atoms with Crippen molar-refractivity contribution < 1.29 is 0 Å². The molecule has 0 amide bonds. The molecule has 67 heavy (non-hydrogen) atoms. The number of benzene rings is 11. The maximum atomic E-state index is 2.43. The quantitative estimate of drug-likeness (QED) is 0.148. The Balaban J connectivity index is 0.929. The second kappa shape index (κ2) is 16.0.